The number of halogens is 1. The van der Waals surface area contributed by atoms with Crippen molar-refractivity contribution >= 4 is 11.8 Å². The van der Waals surface area contributed by atoms with Gasteiger partial charge >= 0.3 is 0 Å². The first-order valence-corrected chi connectivity index (χ1v) is 6.06. The monoisotopic (exact) mass is 259 g/mol. The number of nitrogens with zero attached hydrogens (tertiary/aromatic N) is 1. The van der Waals surface area contributed by atoms with E-state index in [0.717, 1.165) is 15.5 Å². The summed E-state index contributed by atoms with van der Waals surface area (Å²) in [5.41, 5.74) is 0.0640. The van der Waals surface area contributed by atoms with Crippen molar-refractivity contribution in [2.45, 2.75) is 9.79 Å². The predicted octanol–water partition coefficient (Wildman–Crippen LogP) is 3.86. The van der Waals surface area contributed by atoms with Crippen LogP contribution < -0.4 is 4.74 Å². The molecule has 0 heterocycles. The molecule has 0 bridgehead atoms. The minimum atomic E-state index is -0.490. The highest BCUT2D eigenvalue weighted by molar-refractivity contribution is 7.99. The molecule has 0 atom stereocenters. The summed E-state index contributed by atoms with van der Waals surface area (Å²) in [4.78, 5) is 1.75. The maximum absolute atomic E-state index is 13.4. The fourth-order valence-corrected chi connectivity index (χ4v) is 2.27. The molecule has 0 spiro atoms. The van der Waals surface area contributed by atoms with E-state index in [1.165, 1.54) is 23.9 Å². The topological polar surface area (TPSA) is 33.0 Å². The van der Waals surface area contributed by atoms with E-state index in [2.05, 4.69) is 0 Å². The Bertz CT molecular complexity index is 590. The molecular weight excluding hydrogens is 249 g/mol. The Balaban J connectivity index is 2.18. The first-order valence-electron chi connectivity index (χ1n) is 5.24. The van der Waals surface area contributed by atoms with Crippen LogP contribution >= 0.6 is 11.8 Å². The van der Waals surface area contributed by atoms with Gasteiger partial charge in [-0.1, -0.05) is 11.8 Å². The van der Waals surface area contributed by atoms with Crippen molar-refractivity contribution in [1.29, 1.82) is 5.26 Å². The van der Waals surface area contributed by atoms with Crippen LogP contribution in [0.15, 0.2) is 52.3 Å². The van der Waals surface area contributed by atoms with E-state index in [-0.39, 0.29) is 5.56 Å². The summed E-state index contributed by atoms with van der Waals surface area (Å²) in [6.45, 7) is 0. The van der Waals surface area contributed by atoms with Gasteiger partial charge in [0.15, 0.2) is 0 Å². The quantitative estimate of drug-likeness (QED) is 0.839. The zero-order valence-electron chi connectivity index (χ0n) is 9.68. The normalized spacial score (nSPS) is 9.83. The molecule has 0 fully saturated rings. The summed E-state index contributed by atoms with van der Waals surface area (Å²) in [5.74, 6) is 0.293. The molecule has 0 radical (unpaired) electrons. The van der Waals surface area contributed by atoms with Gasteiger partial charge in [0.1, 0.15) is 17.6 Å². The van der Waals surface area contributed by atoms with Gasteiger partial charge in [-0.15, -0.1) is 0 Å². The van der Waals surface area contributed by atoms with E-state index in [9.17, 15) is 4.39 Å². The number of methoxy groups -OCH3 is 1. The lowest BCUT2D eigenvalue weighted by molar-refractivity contribution is 0.414. The van der Waals surface area contributed by atoms with Crippen molar-refractivity contribution in [2.24, 2.45) is 0 Å². The Kier molecular flexibility index (Phi) is 3.85. The molecule has 0 aliphatic carbocycles. The molecule has 0 saturated carbocycles. The molecule has 2 rings (SSSR count). The van der Waals surface area contributed by atoms with Crippen molar-refractivity contribution < 1.29 is 9.13 Å². The van der Waals surface area contributed by atoms with E-state index in [4.69, 9.17) is 10.00 Å². The molecule has 0 N–H and O–H groups in total. The van der Waals surface area contributed by atoms with Gasteiger partial charge in [-0.25, -0.2) is 4.39 Å². The largest absolute Gasteiger partial charge is 0.497 e. The van der Waals surface area contributed by atoms with Crippen molar-refractivity contribution in [1.82, 2.24) is 0 Å². The second-order valence-corrected chi connectivity index (χ2v) is 4.68. The highest BCUT2D eigenvalue weighted by atomic mass is 32.2. The van der Waals surface area contributed by atoms with E-state index in [1.807, 2.05) is 24.3 Å². The maximum atomic E-state index is 13.4. The van der Waals surface area contributed by atoms with E-state index >= 15 is 0 Å². The van der Waals surface area contributed by atoms with Gasteiger partial charge < -0.3 is 4.74 Å². The lowest BCUT2D eigenvalue weighted by Crippen LogP contribution is -1.84. The number of nitriles is 1. The van der Waals surface area contributed by atoms with Crippen LogP contribution in [0.4, 0.5) is 4.39 Å². The molecule has 2 aromatic carbocycles. The molecule has 0 aliphatic rings. The van der Waals surface area contributed by atoms with Crippen LogP contribution in [0.25, 0.3) is 0 Å². The molecule has 0 unspecified atom stereocenters. The van der Waals surface area contributed by atoms with Crippen LogP contribution in [0.5, 0.6) is 5.75 Å². The van der Waals surface area contributed by atoms with Crippen molar-refractivity contribution in [2.75, 3.05) is 7.11 Å². The fraction of sp³-hybridized carbons (Fsp3) is 0.0714. The lowest BCUT2D eigenvalue weighted by Gasteiger charge is -2.04. The van der Waals surface area contributed by atoms with Crippen LogP contribution in [0, 0.1) is 17.1 Å². The Morgan fingerprint density at radius 3 is 2.33 bits per heavy atom. The SMILES string of the molecule is COc1ccc(Sc2ccc(C#N)c(F)c2)cc1. The summed E-state index contributed by atoms with van der Waals surface area (Å²) in [7, 11) is 1.61. The van der Waals surface area contributed by atoms with Crippen LogP contribution in [0.3, 0.4) is 0 Å². The molecule has 2 nitrogen and oxygen atoms in total. The van der Waals surface area contributed by atoms with Gasteiger partial charge in [-0.3, -0.25) is 0 Å². The zero-order valence-corrected chi connectivity index (χ0v) is 10.5. The molecule has 2 aromatic rings. The van der Waals surface area contributed by atoms with E-state index in [0.29, 0.717) is 0 Å². The number of ether oxygens (including phenoxy) is 1. The third-order valence-corrected chi connectivity index (χ3v) is 3.35. The highest BCUT2D eigenvalue weighted by Crippen LogP contribution is 2.29. The summed E-state index contributed by atoms with van der Waals surface area (Å²) >= 11 is 1.44. The van der Waals surface area contributed by atoms with Gasteiger partial charge in [0.2, 0.25) is 0 Å². The summed E-state index contributed by atoms with van der Waals surface area (Å²) in [5, 5.41) is 8.65. The smallest absolute Gasteiger partial charge is 0.142 e. The van der Waals surface area contributed by atoms with E-state index in [1.54, 1.807) is 19.2 Å². The molecule has 90 valence electrons. The van der Waals surface area contributed by atoms with Crippen molar-refractivity contribution in [3.8, 4) is 11.8 Å². The maximum Gasteiger partial charge on any atom is 0.142 e. The number of rotatable bonds is 3. The Morgan fingerprint density at radius 1 is 1.11 bits per heavy atom. The third-order valence-electron chi connectivity index (χ3n) is 2.36. The van der Waals surface area contributed by atoms with E-state index < -0.39 is 5.82 Å². The molecular formula is C14H10FNOS. The summed E-state index contributed by atoms with van der Waals surface area (Å²) in [6, 6.07) is 13.9. The van der Waals surface area contributed by atoms with Crippen LogP contribution in [-0.2, 0) is 0 Å². The predicted molar refractivity (Wildman–Crippen MR) is 68.2 cm³/mol. The first kappa shape index (κ1) is 12.5. The van der Waals surface area contributed by atoms with Gasteiger partial charge in [0, 0.05) is 9.79 Å². The molecule has 0 saturated heterocycles. The van der Waals surface area contributed by atoms with Crippen LogP contribution in [0.1, 0.15) is 5.56 Å². The lowest BCUT2D eigenvalue weighted by atomic mass is 10.2. The number of hydrogen-bond donors (Lipinski definition) is 0. The Hall–Kier alpha value is -1.99. The fourth-order valence-electron chi connectivity index (χ4n) is 1.43. The van der Waals surface area contributed by atoms with Crippen LogP contribution in [0.2, 0.25) is 0 Å². The standard InChI is InChI=1S/C14H10FNOS/c1-17-11-3-6-12(7-4-11)18-13-5-2-10(9-16)14(15)8-13/h2-8H,1H3. The third kappa shape index (κ3) is 2.82. The zero-order chi connectivity index (χ0) is 13.0. The second-order valence-electron chi connectivity index (χ2n) is 3.53. The van der Waals surface area contributed by atoms with Gasteiger partial charge in [0.25, 0.3) is 0 Å². The average molecular weight is 259 g/mol. The molecule has 0 amide bonds. The Morgan fingerprint density at radius 2 is 1.78 bits per heavy atom. The van der Waals surface area contributed by atoms with Gasteiger partial charge in [-0.05, 0) is 42.5 Å². The molecule has 0 aliphatic heterocycles. The molecule has 0 aromatic heterocycles. The van der Waals surface area contributed by atoms with Crippen molar-refractivity contribution in [3.05, 3.63) is 53.8 Å². The molecule has 18 heavy (non-hydrogen) atoms. The average Bonchev–Trinajstić information content (AvgIpc) is 2.40. The summed E-state index contributed by atoms with van der Waals surface area (Å²) in [6.07, 6.45) is 0. The van der Waals surface area contributed by atoms with Crippen LogP contribution in [-0.4, -0.2) is 7.11 Å². The first-order chi connectivity index (χ1) is 8.72. The minimum Gasteiger partial charge on any atom is -0.497 e. The van der Waals surface area contributed by atoms with Crippen molar-refractivity contribution in [3.63, 3.8) is 0 Å². The minimum absolute atomic E-state index is 0.0640. The number of hydrogen-bond acceptors (Lipinski definition) is 3. The highest BCUT2D eigenvalue weighted by Gasteiger charge is 2.04. The molecule has 4 heteroatoms. The Labute approximate surface area is 109 Å². The van der Waals surface area contributed by atoms with Gasteiger partial charge in [-0.2, -0.15) is 5.26 Å². The summed E-state index contributed by atoms with van der Waals surface area (Å²) < 4.78 is 18.5. The number of benzene rings is 2. The van der Waals surface area contributed by atoms with Gasteiger partial charge in [0.05, 0.1) is 12.7 Å². The second kappa shape index (κ2) is 5.56.